The molecule has 0 aliphatic rings. The fourth-order valence-corrected chi connectivity index (χ4v) is 2.51. The van der Waals surface area contributed by atoms with Crippen LogP contribution in [-0.2, 0) is 19.7 Å². The van der Waals surface area contributed by atoms with Crippen LogP contribution in [0.5, 0.6) is 0 Å². The largest absolute Gasteiger partial charge is 0.451 e. The predicted octanol–water partition coefficient (Wildman–Crippen LogP) is 2.76. The summed E-state index contributed by atoms with van der Waals surface area (Å²) in [5.41, 5.74) is 1.59. The second-order valence-electron chi connectivity index (χ2n) is 8.33. The highest BCUT2D eigenvalue weighted by Gasteiger charge is 2.29. The lowest BCUT2D eigenvalue weighted by Crippen LogP contribution is -2.47. The molecule has 0 saturated carbocycles. The van der Waals surface area contributed by atoms with Crippen molar-refractivity contribution in [2.24, 2.45) is 5.92 Å². The number of carbonyl (C=O) groups is 3. The summed E-state index contributed by atoms with van der Waals surface area (Å²) < 4.78 is 5.25. The van der Waals surface area contributed by atoms with Crippen LogP contribution in [0.25, 0.3) is 0 Å². The molecule has 6 nitrogen and oxygen atoms in total. The topological polar surface area (TPSA) is 75.7 Å². The van der Waals surface area contributed by atoms with Gasteiger partial charge in [0, 0.05) is 19.7 Å². The molecule has 0 saturated heterocycles. The summed E-state index contributed by atoms with van der Waals surface area (Å²) in [7, 11) is 3.19. The third-order valence-electron chi connectivity index (χ3n) is 4.30. The number of nitrogens with zero attached hydrogens (tertiary/aromatic N) is 1. The van der Waals surface area contributed by atoms with Crippen LogP contribution < -0.4 is 5.32 Å². The summed E-state index contributed by atoms with van der Waals surface area (Å²) in [6.07, 6.45) is -0.906. The number of likely N-dealkylation sites (N-methyl/N-ethyl adjacent to an activating group) is 1. The van der Waals surface area contributed by atoms with E-state index in [1.807, 2.05) is 26.0 Å². The summed E-state index contributed by atoms with van der Waals surface area (Å²) in [5.74, 6) is -1.46. The van der Waals surface area contributed by atoms with Gasteiger partial charge in [-0.15, -0.1) is 0 Å². The molecule has 0 spiro atoms. The van der Waals surface area contributed by atoms with Gasteiger partial charge in [-0.1, -0.05) is 46.8 Å². The van der Waals surface area contributed by atoms with Gasteiger partial charge in [-0.25, -0.2) is 4.79 Å². The van der Waals surface area contributed by atoms with E-state index in [2.05, 4.69) is 26.1 Å². The molecule has 6 heteroatoms. The number of amides is 2. The summed E-state index contributed by atoms with van der Waals surface area (Å²) >= 11 is 0. The van der Waals surface area contributed by atoms with Crippen molar-refractivity contribution >= 4 is 17.8 Å². The summed E-state index contributed by atoms with van der Waals surface area (Å²) in [6, 6.07) is 6.48. The van der Waals surface area contributed by atoms with Gasteiger partial charge in [0.1, 0.15) is 6.04 Å². The quantitative estimate of drug-likeness (QED) is 0.775. The Bertz CT molecular complexity index is 672. The van der Waals surface area contributed by atoms with Crippen LogP contribution in [0.15, 0.2) is 24.3 Å². The lowest BCUT2D eigenvalue weighted by Gasteiger charge is -2.24. The predicted molar refractivity (Wildman–Crippen MR) is 105 cm³/mol. The van der Waals surface area contributed by atoms with Crippen LogP contribution in [0.2, 0.25) is 0 Å². The van der Waals surface area contributed by atoms with Crippen molar-refractivity contribution in [1.29, 1.82) is 0 Å². The van der Waals surface area contributed by atoms with E-state index in [4.69, 9.17) is 4.74 Å². The Morgan fingerprint density at radius 3 is 1.93 bits per heavy atom. The van der Waals surface area contributed by atoms with Gasteiger partial charge in [-0.2, -0.15) is 0 Å². The smallest absolute Gasteiger partial charge is 0.329 e. The van der Waals surface area contributed by atoms with E-state index in [0.29, 0.717) is 5.56 Å². The number of esters is 1. The van der Waals surface area contributed by atoms with Crippen LogP contribution in [0.3, 0.4) is 0 Å². The highest BCUT2D eigenvalue weighted by atomic mass is 16.5. The van der Waals surface area contributed by atoms with Crippen molar-refractivity contribution in [2.45, 2.75) is 59.1 Å². The van der Waals surface area contributed by atoms with E-state index in [1.165, 1.54) is 11.8 Å². The molecule has 1 rings (SSSR count). The number of rotatable bonds is 6. The van der Waals surface area contributed by atoms with E-state index in [9.17, 15) is 14.4 Å². The minimum Gasteiger partial charge on any atom is -0.451 e. The molecule has 0 aliphatic heterocycles. The molecule has 0 unspecified atom stereocenters. The van der Waals surface area contributed by atoms with Gasteiger partial charge in [0.2, 0.25) is 0 Å². The Labute approximate surface area is 162 Å². The zero-order valence-corrected chi connectivity index (χ0v) is 17.6. The number of benzene rings is 1. The van der Waals surface area contributed by atoms with Crippen molar-refractivity contribution in [1.82, 2.24) is 10.2 Å². The first-order valence-electron chi connectivity index (χ1n) is 9.17. The molecule has 0 radical (unpaired) electrons. The molecule has 1 aromatic rings. The number of hydrogen-bond acceptors (Lipinski definition) is 4. The third kappa shape index (κ3) is 6.38. The molecule has 0 heterocycles. The zero-order valence-electron chi connectivity index (χ0n) is 17.6. The van der Waals surface area contributed by atoms with Crippen molar-refractivity contribution in [2.75, 3.05) is 14.1 Å². The van der Waals surface area contributed by atoms with Crippen molar-refractivity contribution in [3.05, 3.63) is 35.4 Å². The first-order valence-corrected chi connectivity index (χ1v) is 9.17. The summed E-state index contributed by atoms with van der Waals surface area (Å²) in [4.78, 5) is 38.3. The Morgan fingerprint density at radius 1 is 1.00 bits per heavy atom. The molecule has 0 aliphatic carbocycles. The lowest BCUT2D eigenvalue weighted by molar-refractivity contribution is -0.160. The number of nitrogens with one attached hydrogen (secondary N) is 1. The fraction of sp³-hybridized carbons (Fsp3) is 0.571. The Balaban J connectivity index is 2.86. The first-order chi connectivity index (χ1) is 12.3. The monoisotopic (exact) mass is 376 g/mol. The molecule has 27 heavy (non-hydrogen) atoms. The fourth-order valence-electron chi connectivity index (χ4n) is 2.51. The van der Waals surface area contributed by atoms with Gasteiger partial charge in [-0.3, -0.25) is 9.59 Å². The maximum Gasteiger partial charge on any atom is 0.329 e. The van der Waals surface area contributed by atoms with E-state index < -0.39 is 18.1 Å². The van der Waals surface area contributed by atoms with Crippen LogP contribution in [0, 0.1) is 5.92 Å². The zero-order chi connectivity index (χ0) is 20.9. The average molecular weight is 376 g/mol. The molecule has 1 N–H and O–H groups in total. The van der Waals surface area contributed by atoms with Crippen molar-refractivity contribution in [3.8, 4) is 0 Å². The molecular weight excluding hydrogens is 344 g/mol. The maximum atomic E-state index is 12.6. The molecular formula is C21H32N2O4. The second kappa shape index (κ2) is 9.02. The molecule has 150 valence electrons. The van der Waals surface area contributed by atoms with Crippen LogP contribution in [-0.4, -0.2) is 48.9 Å². The van der Waals surface area contributed by atoms with Gasteiger partial charge in [-0.05, 0) is 36.0 Å². The minimum atomic E-state index is -0.906. The van der Waals surface area contributed by atoms with E-state index >= 15 is 0 Å². The molecule has 2 amide bonds. The molecule has 0 bridgehead atoms. The molecule has 1 aromatic carbocycles. The third-order valence-corrected chi connectivity index (χ3v) is 4.30. The Hall–Kier alpha value is -2.37. The highest BCUT2D eigenvalue weighted by Crippen LogP contribution is 2.22. The normalized spacial score (nSPS) is 13.7. The second-order valence-corrected chi connectivity index (χ2v) is 8.33. The molecule has 0 fully saturated rings. The number of hydrogen-bond donors (Lipinski definition) is 1. The van der Waals surface area contributed by atoms with Gasteiger partial charge in [0.15, 0.2) is 6.10 Å². The van der Waals surface area contributed by atoms with E-state index in [0.717, 1.165) is 5.56 Å². The van der Waals surface area contributed by atoms with Crippen LogP contribution in [0.1, 0.15) is 57.5 Å². The number of ether oxygens (including phenoxy) is 1. The maximum absolute atomic E-state index is 12.6. The standard InChI is InChI=1S/C21H32N2O4/c1-13(2)17(20(26)27-14(3)19(25)23(7)8)22-18(24)15-9-11-16(12-10-15)21(4,5)6/h9-14,17H,1-8H3,(H,22,24)/t14-,17-/m0/s1. The first kappa shape index (κ1) is 22.7. The van der Waals surface area contributed by atoms with E-state index in [-0.39, 0.29) is 23.1 Å². The Morgan fingerprint density at radius 2 is 1.52 bits per heavy atom. The van der Waals surface area contributed by atoms with Gasteiger partial charge >= 0.3 is 5.97 Å². The van der Waals surface area contributed by atoms with Crippen LogP contribution in [0.4, 0.5) is 0 Å². The van der Waals surface area contributed by atoms with Crippen molar-refractivity contribution in [3.63, 3.8) is 0 Å². The minimum absolute atomic E-state index is 0.00556. The summed E-state index contributed by atoms with van der Waals surface area (Å²) in [5, 5.41) is 2.73. The SMILES string of the molecule is CC(C)[C@H](NC(=O)c1ccc(C(C)(C)C)cc1)C(=O)O[C@@H](C)C(=O)N(C)C. The van der Waals surface area contributed by atoms with Crippen molar-refractivity contribution < 1.29 is 19.1 Å². The van der Waals surface area contributed by atoms with Crippen LogP contribution >= 0.6 is 0 Å². The lowest BCUT2D eigenvalue weighted by atomic mass is 9.86. The number of carbonyl (C=O) groups excluding carboxylic acids is 3. The Kier molecular flexibility index (Phi) is 7.57. The molecule has 2 atom stereocenters. The molecule has 0 aromatic heterocycles. The summed E-state index contributed by atoms with van der Waals surface area (Å²) in [6.45, 7) is 11.4. The van der Waals surface area contributed by atoms with Gasteiger partial charge in [0.25, 0.3) is 11.8 Å². The average Bonchev–Trinajstić information content (AvgIpc) is 2.57. The van der Waals surface area contributed by atoms with Gasteiger partial charge in [0.05, 0.1) is 0 Å². The highest BCUT2D eigenvalue weighted by molar-refractivity contribution is 5.97. The van der Waals surface area contributed by atoms with Gasteiger partial charge < -0.3 is 15.0 Å². The van der Waals surface area contributed by atoms with E-state index in [1.54, 1.807) is 26.2 Å².